The third-order valence-electron chi connectivity index (χ3n) is 6.04. The number of anilines is 2. The molecule has 4 aromatic rings. The molecule has 0 saturated carbocycles. The summed E-state index contributed by atoms with van der Waals surface area (Å²) in [5.74, 6) is -0.631. The van der Waals surface area contributed by atoms with Crippen molar-refractivity contribution < 1.29 is 22.7 Å². The average molecular weight is 558 g/mol. The zero-order valence-electron chi connectivity index (χ0n) is 22.1. The zero-order chi connectivity index (χ0) is 28.4. The van der Waals surface area contributed by atoms with Gasteiger partial charge in [-0.1, -0.05) is 72.8 Å². The SMILES string of the molecule is CCOc1ccccc1N(CC(=O)Nc1ccccc1C(=O)NCCc1ccccc1)S(=O)(=O)c1ccccc1. The number of sulfonamides is 1. The maximum atomic E-state index is 13.7. The second kappa shape index (κ2) is 13.4. The van der Waals surface area contributed by atoms with Crippen LogP contribution in [0.25, 0.3) is 0 Å². The maximum Gasteiger partial charge on any atom is 0.264 e. The van der Waals surface area contributed by atoms with E-state index in [-0.39, 0.29) is 27.7 Å². The van der Waals surface area contributed by atoms with Crippen molar-refractivity contribution in [1.29, 1.82) is 0 Å². The second-order valence-electron chi connectivity index (χ2n) is 8.81. The molecule has 206 valence electrons. The first-order chi connectivity index (χ1) is 19.4. The molecule has 0 aromatic heterocycles. The molecule has 0 aliphatic carbocycles. The minimum atomic E-state index is -4.13. The lowest BCUT2D eigenvalue weighted by atomic mass is 10.1. The lowest BCUT2D eigenvalue weighted by Gasteiger charge is -2.26. The molecular formula is C31H31N3O5S. The van der Waals surface area contributed by atoms with Crippen LogP contribution in [-0.4, -0.2) is 39.9 Å². The third kappa shape index (κ3) is 7.06. The number of nitrogens with one attached hydrogen (secondary N) is 2. The molecule has 8 nitrogen and oxygen atoms in total. The van der Waals surface area contributed by atoms with Crippen molar-refractivity contribution in [3.05, 3.63) is 120 Å². The van der Waals surface area contributed by atoms with Crippen LogP contribution < -0.4 is 19.7 Å². The van der Waals surface area contributed by atoms with Gasteiger partial charge in [0, 0.05) is 6.54 Å². The quantitative estimate of drug-likeness (QED) is 0.258. The Labute approximate surface area is 234 Å². The van der Waals surface area contributed by atoms with Crippen LogP contribution in [-0.2, 0) is 21.2 Å². The van der Waals surface area contributed by atoms with Crippen LogP contribution in [0.15, 0.2) is 114 Å². The number of hydrogen-bond acceptors (Lipinski definition) is 5. The van der Waals surface area contributed by atoms with E-state index in [2.05, 4.69) is 10.6 Å². The van der Waals surface area contributed by atoms with E-state index in [9.17, 15) is 18.0 Å². The Bertz CT molecular complexity index is 1540. The van der Waals surface area contributed by atoms with E-state index < -0.39 is 22.5 Å². The van der Waals surface area contributed by atoms with Gasteiger partial charge < -0.3 is 15.4 Å². The average Bonchev–Trinajstić information content (AvgIpc) is 2.98. The highest BCUT2D eigenvalue weighted by Gasteiger charge is 2.29. The van der Waals surface area contributed by atoms with E-state index in [1.165, 1.54) is 12.1 Å². The van der Waals surface area contributed by atoms with E-state index >= 15 is 0 Å². The standard InChI is InChI=1S/C31H31N3O5S/c1-2-39-29-20-12-11-19-28(29)34(40(37,38)25-15-7-4-8-16-25)23-30(35)33-27-18-10-9-17-26(27)31(36)32-22-21-24-13-5-3-6-14-24/h3-20H,2,21-23H2,1H3,(H,32,36)(H,33,35). The van der Waals surface area contributed by atoms with Crippen LogP contribution in [0.2, 0.25) is 0 Å². The molecule has 0 radical (unpaired) electrons. The fourth-order valence-corrected chi connectivity index (χ4v) is 5.58. The fourth-order valence-electron chi connectivity index (χ4n) is 4.13. The van der Waals surface area contributed by atoms with Crippen LogP contribution in [0.5, 0.6) is 5.75 Å². The lowest BCUT2D eigenvalue weighted by molar-refractivity contribution is -0.114. The first kappa shape index (κ1) is 28.4. The van der Waals surface area contributed by atoms with Gasteiger partial charge in [0.05, 0.1) is 28.4 Å². The molecule has 0 saturated heterocycles. The molecule has 40 heavy (non-hydrogen) atoms. The highest BCUT2D eigenvalue weighted by molar-refractivity contribution is 7.92. The normalized spacial score (nSPS) is 10.9. The van der Waals surface area contributed by atoms with E-state index in [0.717, 1.165) is 9.87 Å². The molecule has 2 amide bonds. The summed E-state index contributed by atoms with van der Waals surface area (Å²) < 4.78 is 34.1. The molecule has 2 N–H and O–H groups in total. The Kier molecular flexibility index (Phi) is 9.53. The van der Waals surface area contributed by atoms with Gasteiger partial charge in [-0.2, -0.15) is 0 Å². The molecule has 0 spiro atoms. The number of amides is 2. The number of ether oxygens (including phenoxy) is 1. The predicted molar refractivity (Wildman–Crippen MR) is 156 cm³/mol. The molecule has 0 bridgehead atoms. The number of rotatable bonds is 12. The molecule has 0 unspecified atom stereocenters. The third-order valence-corrected chi connectivity index (χ3v) is 7.81. The Hall–Kier alpha value is -4.63. The molecule has 0 heterocycles. The number of carbonyl (C=O) groups excluding carboxylic acids is 2. The monoisotopic (exact) mass is 557 g/mol. The van der Waals surface area contributed by atoms with Crippen molar-refractivity contribution in [1.82, 2.24) is 5.32 Å². The zero-order valence-corrected chi connectivity index (χ0v) is 22.9. The summed E-state index contributed by atoms with van der Waals surface area (Å²) >= 11 is 0. The number of nitrogens with zero attached hydrogens (tertiary/aromatic N) is 1. The number of para-hydroxylation sites is 3. The lowest BCUT2D eigenvalue weighted by Crippen LogP contribution is -2.38. The molecule has 4 aromatic carbocycles. The van der Waals surface area contributed by atoms with Gasteiger partial charge in [-0.05, 0) is 55.3 Å². The molecule has 0 aliphatic rings. The Morgan fingerprint density at radius 1 is 0.800 bits per heavy atom. The summed E-state index contributed by atoms with van der Waals surface area (Å²) in [6.45, 7) is 1.99. The molecular weight excluding hydrogens is 526 g/mol. The van der Waals surface area contributed by atoms with Crippen molar-refractivity contribution in [2.75, 3.05) is 29.3 Å². The first-order valence-corrected chi connectivity index (χ1v) is 14.3. The minimum Gasteiger partial charge on any atom is -0.492 e. The van der Waals surface area contributed by atoms with Crippen molar-refractivity contribution >= 4 is 33.2 Å². The van der Waals surface area contributed by atoms with Crippen molar-refractivity contribution in [2.24, 2.45) is 0 Å². The van der Waals surface area contributed by atoms with Crippen molar-refractivity contribution in [2.45, 2.75) is 18.2 Å². The van der Waals surface area contributed by atoms with E-state index in [4.69, 9.17) is 4.74 Å². The minimum absolute atomic E-state index is 0.0345. The van der Waals surface area contributed by atoms with Gasteiger partial charge in [-0.25, -0.2) is 8.42 Å². The summed E-state index contributed by atoms with van der Waals surface area (Å²) in [7, 11) is -4.13. The fraction of sp³-hybridized carbons (Fsp3) is 0.161. The number of hydrogen-bond donors (Lipinski definition) is 2. The van der Waals surface area contributed by atoms with Crippen molar-refractivity contribution in [3.8, 4) is 5.75 Å². The summed E-state index contributed by atoms with van der Waals surface area (Å²) in [6.07, 6.45) is 0.659. The van der Waals surface area contributed by atoms with Gasteiger partial charge in [0.1, 0.15) is 12.3 Å². The van der Waals surface area contributed by atoms with Gasteiger partial charge in [0.25, 0.3) is 15.9 Å². The topological polar surface area (TPSA) is 105 Å². The highest BCUT2D eigenvalue weighted by Crippen LogP contribution is 2.32. The van der Waals surface area contributed by atoms with E-state index in [1.807, 2.05) is 30.3 Å². The van der Waals surface area contributed by atoms with Crippen LogP contribution >= 0.6 is 0 Å². The first-order valence-electron chi connectivity index (χ1n) is 12.9. The summed E-state index contributed by atoms with van der Waals surface area (Å²) in [5.41, 5.74) is 1.88. The largest absolute Gasteiger partial charge is 0.492 e. The smallest absolute Gasteiger partial charge is 0.264 e. The maximum absolute atomic E-state index is 13.7. The van der Waals surface area contributed by atoms with Crippen molar-refractivity contribution in [3.63, 3.8) is 0 Å². The molecule has 9 heteroatoms. The second-order valence-corrected chi connectivity index (χ2v) is 10.7. The van der Waals surface area contributed by atoms with Crippen LogP contribution in [0.1, 0.15) is 22.8 Å². The van der Waals surface area contributed by atoms with Gasteiger partial charge in [-0.3, -0.25) is 13.9 Å². The Balaban J connectivity index is 1.55. The van der Waals surface area contributed by atoms with E-state index in [0.29, 0.717) is 25.3 Å². The molecule has 0 aliphatic heterocycles. The number of benzene rings is 4. The summed E-state index contributed by atoms with van der Waals surface area (Å²) in [5, 5.41) is 5.61. The summed E-state index contributed by atoms with van der Waals surface area (Å²) in [6, 6.07) is 30.9. The summed E-state index contributed by atoms with van der Waals surface area (Å²) in [4.78, 5) is 26.3. The molecule has 0 fully saturated rings. The van der Waals surface area contributed by atoms with Gasteiger partial charge in [0.2, 0.25) is 5.91 Å². The Morgan fingerprint density at radius 3 is 2.15 bits per heavy atom. The number of carbonyl (C=O) groups is 2. The predicted octanol–water partition coefficient (Wildman–Crippen LogP) is 4.89. The van der Waals surface area contributed by atoms with E-state index in [1.54, 1.807) is 73.7 Å². The van der Waals surface area contributed by atoms with Crippen LogP contribution in [0, 0.1) is 0 Å². The highest BCUT2D eigenvalue weighted by atomic mass is 32.2. The van der Waals surface area contributed by atoms with Gasteiger partial charge in [-0.15, -0.1) is 0 Å². The Morgan fingerprint density at radius 2 is 1.43 bits per heavy atom. The molecule has 4 rings (SSSR count). The van der Waals surface area contributed by atoms with Gasteiger partial charge >= 0.3 is 0 Å². The van der Waals surface area contributed by atoms with Crippen LogP contribution in [0.3, 0.4) is 0 Å². The van der Waals surface area contributed by atoms with Crippen LogP contribution in [0.4, 0.5) is 11.4 Å². The molecule has 0 atom stereocenters. The van der Waals surface area contributed by atoms with Gasteiger partial charge in [0.15, 0.2) is 0 Å².